The Morgan fingerprint density at radius 1 is 1.67 bits per heavy atom. The molecule has 0 spiro atoms. The Morgan fingerprint density at radius 3 is 2.50 bits per heavy atom. The first kappa shape index (κ1) is 8.86. The van der Waals surface area contributed by atoms with Crippen LogP contribution in [0.1, 0.15) is 10.5 Å². The van der Waals surface area contributed by atoms with Crippen molar-refractivity contribution in [3.8, 4) is 0 Å². The number of carbonyl (C=O) groups is 1. The van der Waals surface area contributed by atoms with Crippen molar-refractivity contribution in [1.82, 2.24) is 5.16 Å². The number of anilines is 1. The van der Waals surface area contributed by atoms with Crippen molar-refractivity contribution in [3.05, 3.63) is 10.7 Å². The summed E-state index contributed by atoms with van der Waals surface area (Å²) in [5.41, 5.74) is -0.264. The van der Waals surface area contributed by atoms with Crippen LogP contribution in [0.25, 0.3) is 0 Å². The highest BCUT2D eigenvalue weighted by molar-refractivity contribution is 6.35. The van der Waals surface area contributed by atoms with Crippen LogP contribution < -0.4 is 4.90 Å². The normalized spacial score (nSPS) is 9.92. The van der Waals surface area contributed by atoms with E-state index >= 15 is 0 Å². The monoisotopic (exact) mass is 190 g/mol. The molecule has 1 rings (SSSR count). The maximum atomic E-state index is 10.4. The molecule has 0 amide bonds. The first-order valence-corrected chi connectivity index (χ1v) is 3.47. The van der Waals surface area contributed by atoms with Crippen LogP contribution in [-0.4, -0.2) is 30.3 Å². The van der Waals surface area contributed by atoms with Gasteiger partial charge in [-0.3, -0.25) is 0 Å². The minimum absolute atomic E-state index is 0.0208. The number of hydrogen-bond acceptors (Lipinski definition) is 4. The van der Waals surface area contributed by atoms with Gasteiger partial charge in [0.2, 0.25) is 11.6 Å². The predicted octanol–water partition coefficient (Wildman–Crippen LogP) is 1.09. The van der Waals surface area contributed by atoms with E-state index in [-0.39, 0.29) is 16.6 Å². The fraction of sp³-hybridized carbons (Fsp3) is 0.333. The van der Waals surface area contributed by atoms with Crippen LogP contribution >= 0.6 is 11.6 Å². The van der Waals surface area contributed by atoms with Gasteiger partial charge in [0.15, 0.2) is 0 Å². The third-order valence-electron chi connectivity index (χ3n) is 1.23. The topological polar surface area (TPSA) is 66.6 Å². The quantitative estimate of drug-likeness (QED) is 0.756. The number of halogens is 1. The molecule has 1 aromatic heterocycles. The zero-order valence-electron chi connectivity index (χ0n) is 6.54. The van der Waals surface area contributed by atoms with Gasteiger partial charge in [-0.1, -0.05) is 16.8 Å². The highest BCUT2D eigenvalue weighted by Crippen LogP contribution is 2.27. The second kappa shape index (κ2) is 3.02. The molecule has 0 aliphatic carbocycles. The van der Waals surface area contributed by atoms with Crippen LogP contribution in [0.2, 0.25) is 5.02 Å². The summed E-state index contributed by atoms with van der Waals surface area (Å²) in [6.07, 6.45) is 0. The fourth-order valence-electron chi connectivity index (χ4n) is 0.681. The van der Waals surface area contributed by atoms with Gasteiger partial charge in [0.1, 0.15) is 5.02 Å². The van der Waals surface area contributed by atoms with Crippen molar-refractivity contribution in [2.45, 2.75) is 0 Å². The summed E-state index contributed by atoms with van der Waals surface area (Å²) in [7, 11) is 3.36. The molecule has 1 N–H and O–H groups in total. The van der Waals surface area contributed by atoms with Crippen molar-refractivity contribution in [3.63, 3.8) is 0 Å². The molecule has 1 aromatic rings. The average molecular weight is 191 g/mol. The number of carboxylic acids is 1. The zero-order valence-corrected chi connectivity index (χ0v) is 7.29. The molecule has 0 saturated carbocycles. The number of aromatic nitrogens is 1. The van der Waals surface area contributed by atoms with E-state index in [4.69, 9.17) is 16.7 Å². The van der Waals surface area contributed by atoms with Crippen LogP contribution in [0.4, 0.5) is 5.88 Å². The van der Waals surface area contributed by atoms with Gasteiger partial charge in [-0.05, 0) is 0 Å². The minimum Gasteiger partial charge on any atom is -0.476 e. The number of hydrogen-bond donors (Lipinski definition) is 1. The lowest BCUT2D eigenvalue weighted by Gasteiger charge is -2.05. The van der Waals surface area contributed by atoms with E-state index in [2.05, 4.69) is 9.68 Å². The van der Waals surface area contributed by atoms with E-state index < -0.39 is 5.97 Å². The molecule has 0 aromatic carbocycles. The second-order valence-electron chi connectivity index (χ2n) is 2.35. The fourth-order valence-corrected chi connectivity index (χ4v) is 1.00. The Morgan fingerprint density at radius 2 is 2.25 bits per heavy atom. The summed E-state index contributed by atoms with van der Waals surface area (Å²) in [6, 6.07) is 0. The van der Waals surface area contributed by atoms with Gasteiger partial charge in [-0.15, -0.1) is 0 Å². The maximum absolute atomic E-state index is 10.4. The molecule has 0 bridgehead atoms. The number of rotatable bonds is 2. The van der Waals surface area contributed by atoms with Gasteiger partial charge in [-0.25, -0.2) is 4.79 Å². The van der Waals surface area contributed by atoms with Gasteiger partial charge in [-0.2, -0.15) is 0 Å². The Bertz CT molecular complexity index is 308. The van der Waals surface area contributed by atoms with Crippen LogP contribution in [0.5, 0.6) is 0 Å². The van der Waals surface area contributed by atoms with Crippen molar-refractivity contribution in [2.24, 2.45) is 0 Å². The molecule has 0 unspecified atom stereocenters. The third-order valence-corrected chi connectivity index (χ3v) is 1.57. The molecule has 0 radical (unpaired) electrons. The minimum atomic E-state index is -1.20. The molecule has 12 heavy (non-hydrogen) atoms. The summed E-state index contributed by atoms with van der Waals surface area (Å²) in [6.45, 7) is 0. The van der Waals surface area contributed by atoms with E-state index in [1.165, 1.54) is 0 Å². The summed E-state index contributed by atoms with van der Waals surface area (Å²) < 4.78 is 4.68. The van der Waals surface area contributed by atoms with Gasteiger partial charge in [0, 0.05) is 14.1 Å². The molecule has 0 aliphatic rings. The molecule has 0 aliphatic heterocycles. The average Bonchev–Trinajstić information content (AvgIpc) is 2.30. The molecule has 66 valence electrons. The molecule has 0 atom stereocenters. The third kappa shape index (κ3) is 1.35. The lowest BCUT2D eigenvalue weighted by atomic mass is 10.4. The van der Waals surface area contributed by atoms with Crippen LogP contribution in [0.15, 0.2) is 4.52 Å². The first-order valence-electron chi connectivity index (χ1n) is 3.10. The van der Waals surface area contributed by atoms with Crippen molar-refractivity contribution >= 4 is 23.5 Å². The zero-order chi connectivity index (χ0) is 9.30. The first-order chi connectivity index (χ1) is 5.54. The van der Waals surface area contributed by atoms with E-state index in [1.807, 2.05) is 0 Å². The summed E-state index contributed by atoms with van der Waals surface area (Å²) in [5, 5.41) is 11.8. The second-order valence-corrected chi connectivity index (χ2v) is 2.73. The smallest absolute Gasteiger partial charge is 0.359 e. The number of carboxylic acid groups (broad SMARTS) is 1. The van der Waals surface area contributed by atoms with Crippen molar-refractivity contribution in [2.75, 3.05) is 19.0 Å². The molecular weight excluding hydrogens is 184 g/mol. The molecule has 1 heterocycles. The van der Waals surface area contributed by atoms with Gasteiger partial charge >= 0.3 is 5.97 Å². The highest BCUT2D eigenvalue weighted by atomic mass is 35.5. The van der Waals surface area contributed by atoms with Crippen molar-refractivity contribution in [1.29, 1.82) is 0 Å². The van der Waals surface area contributed by atoms with Gasteiger partial charge in [0.05, 0.1) is 0 Å². The summed E-state index contributed by atoms with van der Waals surface area (Å²) >= 11 is 5.64. The lowest BCUT2D eigenvalue weighted by Crippen LogP contribution is -2.08. The van der Waals surface area contributed by atoms with Crippen LogP contribution in [-0.2, 0) is 0 Å². The van der Waals surface area contributed by atoms with E-state index in [1.54, 1.807) is 19.0 Å². The lowest BCUT2D eigenvalue weighted by molar-refractivity contribution is 0.0686. The molecule has 5 nitrogen and oxygen atoms in total. The summed E-state index contributed by atoms with van der Waals surface area (Å²) in [5.74, 6) is -0.953. The van der Waals surface area contributed by atoms with E-state index in [9.17, 15) is 4.79 Å². The molecule has 6 heteroatoms. The Balaban J connectivity index is 3.13. The SMILES string of the molecule is CN(C)c1onc(C(=O)O)c1Cl. The molecular formula is C6H7ClN2O3. The predicted molar refractivity (Wildman–Crippen MR) is 42.8 cm³/mol. The highest BCUT2D eigenvalue weighted by Gasteiger charge is 2.20. The van der Waals surface area contributed by atoms with Gasteiger partial charge in [0.25, 0.3) is 0 Å². The maximum Gasteiger partial charge on any atom is 0.359 e. The number of aromatic carboxylic acids is 1. The molecule has 0 saturated heterocycles. The van der Waals surface area contributed by atoms with Crippen LogP contribution in [0, 0.1) is 0 Å². The van der Waals surface area contributed by atoms with Crippen molar-refractivity contribution < 1.29 is 14.4 Å². The Hall–Kier alpha value is -1.23. The van der Waals surface area contributed by atoms with Crippen LogP contribution in [0.3, 0.4) is 0 Å². The standard InChI is InChI=1S/C6H7ClN2O3/c1-9(2)5-3(7)4(6(10)11)8-12-5/h1-2H3,(H,10,11). The van der Waals surface area contributed by atoms with E-state index in [0.29, 0.717) is 0 Å². The Kier molecular flexibility index (Phi) is 2.23. The molecule has 0 fully saturated rings. The summed E-state index contributed by atoms with van der Waals surface area (Å²) in [4.78, 5) is 12.0. The number of nitrogens with zero attached hydrogens (tertiary/aromatic N) is 2. The van der Waals surface area contributed by atoms with E-state index in [0.717, 1.165) is 0 Å². The van der Waals surface area contributed by atoms with Gasteiger partial charge < -0.3 is 14.5 Å². The Labute approximate surface area is 73.5 Å². The largest absolute Gasteiger partial charge is 0.476 e.